The van der Waals surface area contributed by atoms with Crippen molar-refractivity contribution in [3.63, 3.8) is 0 Å². The molecule has 0 saturated heterocycles. The average molecular weight is 317 g/mol. The smallest absolute Gasteiger partial charge is 0.276 e. The minimum Gasteiger partial charge on any atom is -1.00 e. The highest BCUT2D eigenvalue weighted by molar-refractivity contribution is 5.96. The van der Waals surface area contributed by atoms with E-state index in [1.54, 1.807) is 0 Å². The van der Waals surface area contributed by atoms with E-state index in [9.17, 15) is 0 Å². The van der Waals surface area contributed by atoms with Crippen LogP contribution < -0.4 is 22.7 Å². The highest BCUT2D eigenvalue weighted by Crippen LogP contribution is 2.24. The minimum absolute atomic E-state index is 0. The molecule has 1 aliphatic rings. The molecular formula is C16H17BrN2. The number of rotatable bonds is 2. The Hall–Kier alpha value is -1.61. The Kier molecular flexibility index (Phi) is 4.05. The molecule has 1 atom stereocenters. The molecule has 3 rings (SSSR count). The lowest BCUT2D eigenvalue weighted by Crippen LogP contribution is -3.00. The van der Waals surface area contributed by atoms with Crippen LogP contribution in [0.5, 0.6) is 0 Å². The standard InChI is InChI=1S/C16H16N2.BrH/c1-12(13-7-3-2-4-8-13)18-11-14-9-5-6-10-15(14)16(18)17;/h2-10,12,17H,11H2,1H3;1H. The second kappa shape index (κ2) is 5.57. The summed E-state index contributed by atoms with van der Waals surface area (Å²) in [6, 6.07) is 19.2. The summed E-state index contributed by atoms with van der Waals surface area (Å²) in [5.74, 6) is 0.891. The zero-order chi connectivity index (χ0) is 12.5. The summed E-state index contributed by atoms with van der Waals surface area (Å²) in [7, 11) is 0. The Bertz CT molecular complexity index is 605. The van der Waals surface area contributed by atoms with Gasteiger partial charge in [0.2, 0.25) is 0 Å². The van der Waals surface area contributed by atoms with Crippen LogP contribution in [0.3, 0.4) is 0 Å². The van der Waals surface area contributed by atoms with E-state index in [0.29, 0.717) is 6.04 Å². The van der Waals surface area contributed by atoms with Crippen LogP contribution in [0.1, 0.15) is 29.7 Å². The molecule has 2 nitrogen and oxygen atoms in total. The van der Waals surface area contributed by atoms with E-state index in [1.807, 2.05) is 12.1 Å². The fourth-order valence-corrected chi connectivity index (χ4v) is 2.59. The lowest BCUT2D eigenvalue weighted by atomic mass is 10.1. The van der Waals surface area contributed by atoms with Crippen LogP contribution in [0.15, 0.2) is 54.6 Å². The largest absolute Gasteiger partial charge is 1.00 e. The van der Waals surface area contributed by atoms with Gasteiger partial charge in [-0.2, -0.15) is 0 Å². The molecule has 0 fully saturated rings. The molecule has 0 spiro atoms. The summed E-state index contributed by atoms with van der Waals surface area (Å²) >= 11 is 0. The van der Waals surface area contributed by atoms with Gasteiger partial charge in [-0.1, -0.05) is 48.5 Å². The van der Waals surface area contributed by atoms with Crippen LogP contribution in [0.4, 0.5) is 0 Å². The summed E-state index contributed by atoms with van der Waals surface area (Å²) in [4.78, 5) is 0. The molecule has 3 heteroatoms. The Morgan fingerprint density at radius 3 is 2.32 bits per heavy atom. The first-order valence-corrected chi connectivity index (χ1v) is 6.29. The second-order valence-electron chi connectivity index (χ2n) is 4.76. The molecule has 1 unspecified atom stereocenters. The van der Waals surface area contributed by atoms with Crippen LogP contribution in [0, 0.1) is 0 Å². The Morgan fingerprint density at radius 1 is 1.00 bits per heavy atom. The predicted molar refractivity (Wildman–Crippen MR) is 73.6 cm³/mol. The second-order valence-corrected chi connectivity index (χ2v) is 4.76. The quantitative estimate of drug-likeness (QED) is 0.756. The van der Waals surface area contributed by atoms with E-state index < -0.39 is 0 Å². The van der Waals surface area contributed by atoms with E-state index in [4.69, 9.17) is 5.73 Å². The third-order valence-electron chi connectivity index (χ3n) is 3.69. The number of hydrogen-bond donors (Lipinski definition) is 1. The highest BCUT2D eigenvalue weighted by Gasteiger charge is 2.28. The zero-order valence-electron chi connectivity index (χ0n) is 10.9. The van der Waals surface area contributed by atoms with Crippen molar-refractivity contribution in [2.24, 2.45) is 5.73 Å². The SMILES string of the molecule is CC(c1ccccc1)[N+]1=C(N)c2ccccc2C1.[Br-]. The van der Waals surface area contributed by atoms with Crippen molar-refractivity contribution in [2.75, 3.05) is 0 Å². The third kappa shape index (κ3) is 2.43. The minimum atomic E-state index is 0. The van der Waals surface area contributed by atoms with Crippen molar-refractivity contribution in [1.82, 2.24) is 0 Å². The van der Waals surface area contributed by atoms with E-state index in [-0.39, 0.29) is 17.0 Å². The van der Waals surface area contributed by atoms with Gasteiger partial charge in [-0.05, 0) is 18.6 Å². The first kappa shape index (κ1) is 13.8. The topological polar surface area (TPSA) is 29.0 Å². The number of fused-ring (bicyclic) bond motifs is 1. The first-order chi connectivity index (χ1) is 8.77. The molecule has 1 aliphatic heterocycles. The van der Waals surface area contributed by atoms with E-state index >= 15 is 0 Å². The third-order valence-corrected chi connectivity index (χ3v) is 3.69. The maximum atomic E-state index is 6.27. The fraction of sp³-hybridized carbons (Fsp3) is 0.188. The van der Waals surface area contributed by atoms with Gasteiger partial charge < -0.3 is 17.0 Å². The number of halogens is 1. The summed E-state index contributed by atoms with van der Waals surface area (Å²) in [5.41, 5.74) is 10.1. The van der Waals surface area contributed by atoms with Gasteiger partial charge in [0.05, 0.1) is 5.56 Å². The van der Waals surface area contributed by atoms with Gasteiger partial charge in [-0.15, -0.1) is 0 Å². The highest BCUT2D eigenvalue weighted by atomic mass is 79.9. The monoisotopic (exact) mass is 316 g/mol. The van der Waals surface area contributed by atoms with Crippen LogP contribution in [0.2, 0.25) is 0 Å². The van der Waals surface area contributed by atoms with Crippen molar-refractivity contribution in [2.45, 2.75) is 19.5 Å². The first-order valence-electron chi connectivity index (χ1n) is 6.29. The van der Waals surface area contributed by atoms with Gasteiger partial charge in [-0.3, -0.25) is 10.3 Å². The average Bonchev–Trinajstić information content (AvgIpc) is 2.77. The number of amidine groups is 1. The van der Waals surface area contributed by atoms with Crippen molar-refractivity contribution >= 4 is 5.84 Å². The Labute approximate surface area is 124 Å². The van der Waals surface area contributed by atoms with Crippen LogP contribution in [-0.2, 0) is 6.54 Å². The van der Waals surface area contributed by atoms with Gasteiger partial charge in [0.25, 0.3) is 5.84 Å². The summed E-state index contributed by atoms with van der Waals surface area (Å²) in [6.07, 6.45) is 0. The molecule has 0 aliphatic carbocycles. The van der Waals surface area contributed by atoms with Crippen molar-refractivity contribution < 1.29 is 21.6 Å². The molecule has 0 aromatic heterocycles. The van der Waals surface area contributed by atoms with Gasteiger partial charge in [0.15, 0.2) is 0 Å². The lowest BCUT2D eigenvalue weighted by molar-refractivity contribution is -0.580. The molecule has 0 amide bonds. The number of nitrogens with zero attached hydrogens (tertiary/aromatic N) is 1. The molecule has 1 heterocycles. The van der Waals surface area contributed by atoms with Crippen LogP contribution in [0.25, 0.3) is 0 Å². The molecular weight excluding hydrogens is 300 g/mol. The van der Waals surface area contributed by atoms with Crippen LogP contribution >= 0.6 is 0 Å². The van der Waals surface area contributed by atoms with Crippen molar-refractivity contribution in [3.8, 4) is 0 Å². The van der Waals surface area contributed by atoms with E-state index in [2.05, 4.69) is 54.0 Å². The fourth-order valence-electron chi connectivity index (χ4n) is 2.59. The van der Waals surface area contributed by atoms with Crippen molar-refractivity contribution in [1.29, 1.82) is 0 Å². The molecule has 98 valence electrons. The zero-order valence-corrected chi connectivity index (χ0v) is 12.5. The van der Waals surface area contributed by atoms with Gasteiger partial charge >= 0.3 is 0 Å². The van der Waals surface area contributed by atoms with Crippen LogP contribution in [-0.4, -0.2) is 10.4 Å². The predicted octanol–water partition coefficient (Wildman–Crippen LogP) is -0.317. The molecule has 0 bridgehead atoms. The summed E-state index contributed by atoms with van der Waals surface area (Å²) in [5, 5.41) is 0. The Morgan fingerprint density at radius 2 is 1.63 bits per heavy atom. The summed E-state index contributed by atoms with van der Waals surface area (Å²) in [6.45, 7) is 3.10. The number of benzene rings is 2. The maximum absolute atomic E-state index is 6.27. The van der Waals surface area contributed by atoms with E-state index in [0.717, 1.165) is 12.4 Å². The van der Waals surface area contributed by atoms with Gasteiger partial charge in [0.1, 0.15) is 12.6 Å². The molecule has 2 aromatic carbocycles. The Balaban J connectivity index is 0.00000133. The van der Waals surface area contributed by atoms with Gasteiger partial charge in [0, 0.05) is 5.56 Å². The van der Waals surface area contributed by atoms with Gasteiger partial charge in [-0.25, -0.2) is 0 Å². The molecule has 0 radical (unpaired) electrons. The van der Waals surface area contributed by atoms with Crippen molar-refractivity contribution in [3.05, 3.63) is 71.3 Å². The molecule has 19 heavy (non-hydrogen) atoms. The normalized spacial score (nSPS) is 14.8. The number of hydrogen-bond acceptors (Lipinski definition) is 1. The van der Waals surface area contributed by atoms with E-state index in [1.165, 1.54) is 16.7 Å². The maximum Gasteiger partial charge on any atom is 0.276 e. The summed E-state index contributed by atoms with van der Waals surface area (Å²) < 4.78 is 2.26. The molecule has 2 aromatic rings. The molecule has 0 saturated carbocycles. The lowest BCUT2D eigenvalue weighted by Gasteiger charge is -2.13. The molecule has 2 N–H and O–H groups in total. The number of nitrogens with two attached hydrogens (primary N) is 1.